The number of rotatable bonds is 0. The lowest BCUT2D eigenvalue weighted by Crippen LogP contribution is -1.91. The average molecular weight is 160 g/mol. The molecule has 1 aromatic carbocycles. The zero-order valence-corrected chi connectivity index (χ0v) is 6.50. The Morgan fingerprint density at radius 2 is 2.33 bits per heavy atom. The van der Waals surface area contributed by atoms with Gasteiger partial charge in [-0.1, -0.05) is 0 Å². The first kappa shape index (κ1) is 6.99. The molecule has 2 N–H and O–H groups in total. The van der Waals surface area contributed by atoms with Crippen LogP contribution in [0.4, 0.5) is 5.69 Å². The molecule has 0 atom stereocenters. The van der Waals surface area contributed by atoms with E-state index in [0.29, 0.717) is 17.9 Å². The van der Waals surface area contributed by atoms with E-state index >= 15 is 0 Å². The fourth-order valence-corrected chi connectivity index (χ4v) is 1.34. The summed E-state index contributed by atoms with van der Waals surface area (Å²) in [5, 5.41) is 8.66. The molecule has 0 saturated carbocycles. The molecule has 0 fully saturated rings. The molecule has 0 bridgehead atoms. The van der Waals surface area contributed by atoms with Crippen molar-refractivity contribution in [3.8, 4) is 11.8 Å². The van der Waals surface area contributed by atoms with Gasteiger partial charge in [-0.3, -0.25) is 0 Å². The van der Waals surface area contributed by atoms with Crippen molar-refractivity contribution >= 4 is 5.69 Å². The van der Waals surface area contributed by atoms with Gasteiger partial charge in [0.15, 0.2) is 0 Å². The van der Waals surface area contributed by atoms with E-state index in [9.17, 15) is 0 Å². The molecule has 1 aliphatic rings. The minimum atomic E-state index is 0.496. The summed E-state index contributed by atoms with van der Waals surface area (Å²) in [6.45, 7) is 0.698. The summed E-state index contributed by atoms with van der Waals surface area (Å²) in [4.78, 5) is 0. The van der Waals surface area contributed by atoms with Gasteiger partial charge >= 0.3 is 0 Å². The molecule has 3 nitrogen and oxygen atoms in total. The van der Waals surface area contributed by atoms with Crippen molar-refractivity contribution in [3.63, 3.8) is 0 Å². The van der Waals surface area contributed by atoms with Crippen LogP contribution in [0.2, 0.25) is 0 Å². The maximum Gasteiger partial charge on any atom is 0.124 e. The van der Waals surface area contributed by atoms with Crippen LogP contribution in [-0.4, -0.2) is 6.61 Å². The number of benzene rings is 1. The van der Waals surface area contributed by atoms with Crippen LogP contribution in [0, 0.1) is 11.3 Å². The number of anilines is 1. The van der Waals surface area contributed by atoms with Crippen molar-refractivity contribution in [2.45, 2.75) is 6.42 Å². The highest BCUT2D eigenvalue weighted by molar-refractivity contribution is 5.60. The minimum absolute atomic E-state index is 0.496. The van der Waals surface area contributed by atoms with E-state index in [0.717, 1.165) is 17.7 Å². The summed E-state index contributed by atoms with van der Waals surface area (Å²) in [6.07, 6.45) is 0.894. The molecule has 1 aliphatic heterocycles. The van der Waals surface area contributed by atoms with Gasteiger partial charge in [-0.05, 0) is 11.6 Å². The Balaban J connectivity index is 2.59. The summed E-state index contributed by atoms with van der Waals surface area (Å²) in [7, 11) is 0. The SMILES string of the molecule is N#Cc1cc2c(cc1N)CCO2. The van der Waals surface area contributed by atoms with Crippen LogP contribution < -0.4 is 10.5 Å². The molecule has 0 spiro atoms. The van der Waals surface area contributed by atoms with E-state index in [1.54, 1.807) is 6.07 Å². The maximum absolute atomic E-state index is 8.66. The van der Waals surface area contributed by atoms with Gasteiger partial charge in [-0.25, -0.2) is 0 Å². The molecular weight excluding hydrogens is 152 g/mol. The molecule has 1 aromatic rings. The Morgan fingerprint density at radius 3 is 3.08 bits per heavy atom. The molecule has 2 rings (SSSR count). The monoisotopic (exact) mass is 160 g/mol. The Labute approximate surface area is 70.4 Å². The number of nitrogens with two attached hydrogens (primary N) is 1. The van der Waals surface area contributed by atoms with Crippen LogP contribution >= 0.6 is 0 Å². The summed E-state index contributed by atoms with van der Waals surface area (Å²) in [5.41, 5.74) is 7.77. The molecule has 60 valence electrons. The predicted molar refractivity (Wildman–Crippen MR) is 44.8 cm³/mol. The third-order valence-electron chi connectivity index (χ3n) is 1.98. The van der Waals surface area contributed by atoms with E-state index in [1.807, 2.05) is 12.1 Å². The number of hydrogen-bond acceptors (Lipinski definition) is 3. The second-order valence-corrected chi connectivity index (χ2v) is 2.76. The van der Waals surface area contributed by atoms with Gasteiger partial charge in [0.05, 0.1) is 12.2 Å². The lowest BCUT2D eigenvalue weighted by Gasteiger charge is -2.01. The highest BCUT2D eigenvalue weighted by Crippen LogP contribution is 2.29. The second-order valence-electron chi connectivity index (χ2n) is 2.76. The molecule has 12 heavy (non-hydrogen) atoms. The van der Waals surface area contributed by atoms with Crippen molar-refractivity contribution in [2.75, 3.05) is 12.3 Å². The molecule has 0 unspecified atom stereocenters. The van der Waals surface area contributed by atoms with Crippen molar-refractivity contribution in [1.29, 1.82) is 5.26 Å². The Hall–Kier alpha value is -1.69. The largest absolute Gasteiger partial charge is 0.493 e. The number of nitrogens with zero attached hydrogens (tertiary/aromatic N) is 1. The fourth-order valence-electron chi connectivity index (χ4n) is 1.34. The molecule has 0 radical (unpaired) electrons. The highest BCUT2D eigenvalue weighted by atomic mass is 16.5. The highest BCUT2D eigenvalue weighted by Gasteiger charge is 2.14. The van der Waals surface area contributed by atoms with E-state index in [1.165, 1.54) is 0 Å². The van der Waals surface area contributed by atoms with Crippen molar-refractivity contribution in [2.24, 2.45) is 0 Å². The van der Waals surface area contributed by atoms with Crippen molar-refractivity contribution in [3.05, 3.63) is 23.3 Å². The van der Waals surface area contributed by atoms with Crippen LogP contribution in [0.1, 0.15) is 11.1 Å². The summed E-state index contributed by atoms with van der Waals surface area (Å²) in [6, 6.07) is 5.55. The van der Waals surface area contributed by atoms with E-state index < -0.39 is 0 Å². The normalized spacial score (nSPS) is 13.2. The van der Waals surface area contributed by atoms with E-state index in [-0.39, 0.29) is 0 Å². The standard InChI is InChI=1S/C9H8N2O/c10-5-7-4-9-6(1-2-12-9)3-8(7)11/h3-4H,1-2,11H2. The van der Waals surface area contributed by atoms with Crippen LogP contribution in [0.15, 0.2) is 12.1 Å². The smallest absolute Gasteiger partial charge is 0.124 e. The molecule has 1 heterocycles. The molecular formula is C9H8N2O. The van der Waals surface area contributed by atoms with Gasteiger partial charge in [0.25, 0.3) is 0 Å². The number of nitriles is 1. The van der Waals surface area contributed by atoms with Crippen LogP contribution in [0.25, 0.3) is 0 Å². The van der Waals surface area contributed by atoms with E-state index in [2.05, 4.69) is 0 Å². The fraction of sp³-hybridized carbons (Fsp3) is 0.222. The third-order valence-corrected chi connectivity index (χ3v) is 1.98. The van der Waals surface area contributed by atoms with Gasteiger partial charge in [-0.15, -0.1) is 0 Å². The second kappa shape index (κ2) is 2.42. The predicted octanol–water partition coefficient (Wildman–Crippen LogP) is 1.08. The topological polar surface area (TPSA) is 59.0 Å². The molecule has 0 aromatic heterocycles. The van der Waals surface area contributed by atoms with Crippen molar-refractivity contribution in [1.82, 2.24) is 0 Å². The zero-order chi connectivity index (χ0) is 8.55. The number of nitrogen functional groups attached to an aromatic ring is 1. The van der Waals surface area contributed by atoms with Crippen LogP contribution in [0.3, 0.4) is 0 Å². The number of ether oxygens (including phenoxy) is 1. The average Bonchev–Trinajstić information content (AvgIpc) is 2.49. The Kier molecular flexibility index (Phi) is 1.41. The van der Waals surface area contributed by atoms with Crippen LogP contribution in [0.5, 0.6) is 5.75 Å². The Bertz CT molecular complexity index is 365. The first-order chi connectivity index (χ1) is 5.81. The zero-order valence-electron chi connectivity index (χ0n) is 6.50. The lowest BCUT2D eigenvalue weighted by molar-refractivity contribution is 0.356. The molecule has 0 saturated heterocycles. The quantitative estimate of drug-likeness (QED) is 0.577. The lowest BCUT2D eigenvalue weighted by atomic mass is 10.1. The first-order valence-electron chi connectivity index (χ1n) is 3.76. The van der Waals surface area contributed by atoms with Gasteiger partial charge in [-0.2, -0.15) is 5.26 Å². The van der Waals surface area contributed by atoms with Gasteiger partial charge in [0.2, 0.25) is 0 Å². The summed E-state index contributed by atoms with van der Waals surface area (Å²) >= 11 is 0. The summed E-state index contributed by atoms with van der Waals surface area (Å²) < 4.78 is 5.29. The summed E-state index contributed by atoms with van der Waals surface area (Å²) in [5.74, 6) is 0.806. The Morgan fingerprint density at radius 1 is 1.50 bits per heavy atom. The van der Waals surface area contributed by atoms with Gasteiger partial charge in [0, 0.05) is 18.2 Å². The van der Waals surface area contributed by atoms with E-state index in [4.69, 9.17) is 15.7 Å². The maximum atomic E-state index is 8.66. The van der Waals surface area contributed by atoms with Crippen LogP contribution in [-0.2, 0) is 6.42 Å². The van der Waals surface area contributed by atoms with Crippen molar-refractivity contribution < 1.29 is 4.74 Å². The number of hydrogen-bond donors (Lipinski definition) is 1. The molecule has 0 aliphatic carbocycles. The molecule has 3 heteroatoms. The minimum Gasteiger partial charge on any atom is -0.493 e. The number of fused-ring (bicyclic) bond motifs is 1. The first-order valence-corrected chi connectivity index (χ1v) is 3.76. The van der Waals surface area contributed by atoms with Gasteiger partial charge in [0.1, 0.15) is 11.8 Å². The third kappa shape index (κ3) is 0.892. The molecule has 0 amide bonds. The van der Waals surface area contributed by atoms with Gasteiger partial charge < -0.3 is 10.5 Å².